The molecule has 3 fully saturated rings. The standard InChI is InChI=1S/C26H35FN4O4S/c1-13-20(16-11-28-14(2)18(27)19(16)29-22(13)36-9)31(24(33)35-26(6,7)8)21-15-10-17(21)30(12-15)23(32)34-25(3,4)5/h11,15,17,21H,10,12H2,1-9H3. The van der Waals surface area contributed by atoms with Gasteiger partial charge in [0, 0.05) is 29.6 Å². The number of carbonyl (C=O) groups is 2. The Labute approximate surface area is 215 Å². The molecule has 2 saturated heterocycles. The van der Waals surface area contributed by atoms with Gasteiger partial charge < -0.3 is 14.4 Å². The first kappa shape index (κ1) is 26.4. The molecule has 10 heteroatoms. The summed E-state index contributed by atoms with van der Waals surface area (Å²) >= 11 is 1.39. The van der Waals surface area contributed by atoms with E-state index in [1.165, 1.54) is 11.8 Å². The van der Waals surface area contributed by atoms with Gasteiger partial charge in [0.1, 0.15) is 21.7 Å². The van der Waals surface area contributed by atoms with Crippen LogP contribution >= 0.6 is 11.8 Å². The number of rotatable bonds is 3. The largest absolute Gasteiger partial charge is 0.444 e. The summed E-state index contributed by atoms with van der Waals surface area (Å²) in [7, 11) is 0. The molecule has 4 heterocycles. The van der Waals surface area contributed by atoms with Crippen molar-refractivity contribution in [2.24, 2.45) is 5.92 Å². The summed E-state index contributed by atoms with van der Waals surface area (Å²) in [5, 5.41) is 1.06. The van der Waals surface area contributed by atoms with Gasteiger partial charge >= 0.3 is 12.2 Å². The van der Waals surface area contributed by atoms with Gasteiger partial charge in [-0.15, -0.1) is 11.8 Å². The highest BCUT2D eigenvalue weighted by Gasteiger charge is 2.59. The van der Waals surface area contributed by atoms with Crippen LogP contribution in [-0.4, -0.2) is 63.1 Å². The van der Waals surface area contributed by atoms with Gasteiger partial charge in [-0.05, 0) is 68.1 Å². The minimum absolute atomic E-state index is 0.0404. The molecule has 3 atom stereocenters. The molecule has 2 amide bonds. The lowest BCUT2D eigenvalue weighted by Crippen LogP contribution is -2.59. The minimum atomic E-state index is -0.748. The van der Waals surface area contributed by atoms with Gasteiger partial charge in [-0.3, -0.25) is 9.88 Å². The lowest BCUT2D eigenvalue weighted by atomic mass is 9.78. The zero-order chi connectivity index (χ0) is 26.7. The van der Waals surface area contributed by atoms with E-state index in [9.17, 15) is 9.59 Å². The Bertz CT molecular complexity index is 1220. The maximum absolute atomic E-state index is 15.2. The van der Waals surface area contributed by atoms with Crippen LogP contribution in [0.5, 0.6) is 0 Å². The number of amides is 2. The van der Waals surface area contributed by atoms with Crippen molar-refractivity contribution >= 4 is 40.5 Å². The third-order valence-electron chi connectivity index (χ3n) is 6.52. The van der Waals surface area contributed by atoms with Crippen LogP contribution in [0, 0.1) is 25.6 Å². The first-order valence-electron chi connectivity index (χ1n) is 12.1. The molecule has 0 radical (unpaired) electrons. The van der Waals surface area contributed by atoms with E-state index in [4.69, 9.17) is 9.47 Å². The number of halogens is 1. The van der Waals surface area contributed by atoms with E-state index in [2.05, 4.69) is 9.97 Å². The Morgan fingerprint density at radius 3 is 2.36 bits per heavy atom. The van der Waals surface area contributed by atoms with Gasteiger partial charge in [0.05, 0.1) is 23.5 Å². The zero-order valence-corrected chi connectivity index (χ0v) is 23.2. The molecule has 2 aliphatic heterocycles. The average molecular weight is 519 g/mol. The Hall–Kier alpha value is -2.62. The van der Waals surface area contributed by atoms with Crippen LogP contribution in [0.2, 0.25) is 0 Å². The topological polar surface area (TPSA) is 84.9 Å². The second-order valence-electron chi connectivity index (χ2n) is 11.6. The second-order valence-corrected chi connectivity index (χ2v) is 12.3. The molecule has 5 rings (SSSR count). The van der Waals surface area contributed by atoms with Crippen LogP contribution in [0.25, 0.3) is 10.9 Å². The Kier molecular flexibility index (Phi) is 6.64. The number of nitrogens with zero attached hydrogens (tertiary/aromatic N) is 4. The van der Waals surface area contributed by atoms with Crippen LogP contribution in [0.3, 0.4) is 0 Å². The summed E-state index contributed by atoms with van der Waals surface area (Å²) in [5.41, 5.74) is 0.285. The highest BCUT2D eigenvalue weighted by Crippen LogP contribution is 2.49. The van der Waals surface area contributed by atoms with Crippen molar-refractivity contribution in [2.45, 2.75) is 90.1 Å². The minimum Gasteiger partial charge on any atom is -0.444 e. The van der Waals surface area contributed by atoms with Crippen molar-refractivity contribution < 1.29 is 23.5 Å². The van der Waals surface area contributed by atoms with Gasteiger partial charge in [-0.2, -0.15) is 0 Å². The summed E-state index contributed by atoms with van der Waals surface area (Å²) in [5.74, 6) is -0.473. The number of aromatic nitrogens is 2. The van der Waals surface area contributed by atoms with Crippen LogP contribution in [-0.2, 0) is 9.47 Å². The number of fused-ring (bicyclic) bond motifs is 2. The van der Waals surface area contributed by atoms with E-state index in [-0.39, 0.29) is 29.2 Å². The Balaban J connectivity index is 1.86. The molecule has 2 bridgehead atoms. The third-order valence-corrected chi connectivity index (χ3v) is 7.30. The van der Waals surface area contributed by atoms with E-state index < -0.39 is 29.2 Å². The molecule has 3 aliphatic rings. The van der Waals surface area contributed by atoms with Gasteiger partial charge in [0.25, 0.3) is 0 Å². The molecule has 3 unspecified atom stereocenters. The predicted molar refractivity (Wildman–Crippen MR) is 138 cm³/mol. The van der Waals surface area contributed by atoms with Crippen molar-refractivity contribution in [1.29, 1.82) is 0 Å². The van der Waals surface area contributed by atoms with E-state index in [1.807, 2.05) is 34.0 Å². The fourth-order valence-corrected chi connectivity index (χ4v) is 5.61. The van der Waals surface area contributed by atoms with Crippen molar-refractivity contribution in [3.8, 4) is 0 Å². The van der Waals surface area contributed by atoms with Gasteiger partial charge in [0.2, 0.25) is 0 Å². The number of aryl methyl sites for hydroxylation is 1. The van der Waals surface area contributed by atoms with E-state index in [1.54, 1.807) is 43.7 Å². The maximum Gasteiger partial charge on any atom is 0.415 e. The van der Waals surface area contributed by atoms with Crippen LogP contribution in [0.4, 0.5) is 19.7 Å². The lowest BCUT2D eigenvalue weighted by molar-refractivity contribution is 0.0216. The van der Waals surface area contributed by atoms with Crippen molar-refractivity contribution in [1.82, 2.24) is 14.9 Å². The summed E-state index contributed by atoms with van der Waals surface area (Å²) in [6, 6.07) is -0.572. The number of anilines is 1. The van der Waals surface area contributed by atoms with Gasteiger partial charge in [0.15, 0.2) is 5.82 Å². The first-order valence-corrected chi connectivity index (χ1v) is 13.4. The molecule has 0 aromatic carbocycles. The van der Waals surface area contributed by atoms with E-state index in [0.29, 0.717) is 22.6 Å². The average Bonchev–Trinajstić information content (AvgIpc) is 3.33. The normalized spacial score (nSPS) is 21.4. The summed E-state index contributed by atoms with van der Waals surface area (Å²) in [4.78, 5) is 38.9. The number of ether oxygens (including phenoxy) is 2. The van der Waals surface area contributed by atoms with Gasteiger partial charge in [-0.1, -0.05) is 0 Å². The SMILES string of the molecule is CSc1nc2c(F)c(C)ncc2c(N(C(=O)OC(C)(C)C)C2C3CC2N(C(=O)OC(C)(C)C)C3)c1C. The summed E-state index contributed by atoms with van der Waals surface area (Å²) in [6.07, 6.45) is 3.25. The molecular formula is C26H35FN4O4S. The first-order chi connectivity index (χ1) is 16.6. The predicted octanol–water partition coefficient (Wildman–Crippen LogP) is 5.86. The molecule has 1 saturated carbocycles. The van der Waals surface area contributed by atoms with Crippen LogP contribution in [0.1, 0.15) is 59.2 Å². The lowest BCUT2D eigenvalue weighted by Gasteiger charge is -2.45. The summed E-state index contributed by atoms with van der Waals surface area (Å²) < 4.78 is 26.7. The van der Waals surface area contributed by atoms with Crippen molar-refractivity contribution in [2.75, 3.05) is 17.7 Å². The monoisotopic (exact) mass is 518 g/mol. The Morgan fingerprint density at radius 2 is 1.78 bits per heavy atom. The van der Waals surface area contributed by atoms with Crippen molar-refractivity contribution in [3.05, 3.63) is 23.3 Å². The molecule has 36 heavy (non-hydrogen) atoms. The number of pyridine rings is 2. The molecular weight excluding hydrogens is 483 g/mol. The molecule has 196 valence electrons. The summed E-state index contributed by atoms with van der Waals surface area (Å²) in [6.45, 7) is 14.8. The fourth-order valence-electron chi connectivity index (χ4n) is 5.03. The van der Waals surface area contributed by atoms with Crippen molar-refractivity contribution in [3.63, 3.8) is 0 Å². The second kappa shape index (κ2) is 9.04. The van der Waals surface area contributed by atoms with Crippen LogP contribution < -0.4 is 4.90 Å². The smallest absolute Gasteiger partial charge is 0.415 e. The molecule has 1 aliphatic carbocycles. The third kappa shape index (κ3) is 4.71. The number of hydrogen-bond donors (Lipinski definition) is 0. The highest BCUT2D eigenvalue weighted by molar-refractivity contribution is 7.98. The quantitative estimate of drug-likeness (QED) is 0.471. The maximum atomic E-state index is 15.2. The highest BCUT2D eigenvalue weighted by atomic mass is 32.2. The molecule has 2 aromatic heterocycles. The molecule has 8 nitrogen and oxygen atoms in total. The molecule has 0 N–H and O–H groups in total. The van der Waals surface area contributed by atoms with E-state index >= 15 is 4.39 Å². The fraction of sp³-hybridized carbons (Fsp3) is 0.615. The number of thioether (sulfide) groups is 1. The number of carbonyl (C=O) groups excluding carboxylic acids is 2. The zero-order valence-electron chi connectivity index (χ0n) is 22.4. The molecule has 2 aromatic rings. The van der Waals surface area contributed by atoms with Gasteiger partial charge in [-0.25, -0.2) is 19.0 Å². The van der Waals surface area contributed by atoms with Crippen LogP contribution in [0.15, 0.2) is 11.2 Å². The molecule has 0 spiro atoms. The Morgan fingerprint density at radius 1 is 1.14 bits per heavy atom. The number of hydrogen-bond acceptors (Lipinski definition) is 7. The van der Waals surface area contributed by atoms with E-state index in [0.717, 1.165) is 12.0 Å².